The first kappa shape index (κ1) is 78.2. The molecule has 3 aliphatic heterocycles. The number of fused-ring (bicyclic) bond motifs is 3. The average molecular weight is 1480 g/mol. The predicted octanol–water partition coefficient (Wildman–Crippen LogP) is 11.2. The minimum atomic E-state index is -3.22. The SMILES string of the molecule is CCCS(=O)(=O)N1CCC[C@H](N)C1.CCCS(=O)(=O)N1CCC[C@H](Nc2ncccc2-c2cnc3c(n2)CC=C3)C1.CCCS(=O)(=O)N1CCC[C@H](Nc2ncccc2-c2cnc3ccn(COCC[Si](C)(C)C)c3n2)C1.C[Si](C)(C)CCOCn1ccc2ncc(-c3cccnc3F)nc21. The summed E-state index contributed by atoms with van der Waals surface area (Å²) in [5.74, 6) is 1.51. The minimum absolute atomic E-state index is 0.0145. The van der Waals surface area contributed by atoms with E-state index in [0.717, 1.165) is 121 Å². The quantitative estimate of drug-likeness (QED) is 0.0258. The second-order valence-corrected chi connectivity index (χ2v) is 45.9. The highest BCUT2D eigenvalue weighted by molar-refractivity contribution is 7.89. The highest BCUT2D eigenvalue weighted by Crippen LogP contribution is 2.31. The molecule has 3 saturated heterocycles. The van der Waals surface area contributed by atoms with Crippen LogP contribution in [0.15, 0.2) is 104 Å². The summed E-state index contributed by atoms with van der Waals surface area (Å²) in [6, 6.07) is 17.1. The number of nitrogens with zero attached hydrogens (tertiary/aromatic N) is 14. The summed E-state index contributed by atoms with van der Waals surface area (Å²) in [6.07, 6.45) is 25.9. The first-order chi connectivity index (χ1) is 48.2. The fourth-order valence-corrected chi connectivity index (χ4v) is 18.3. The standard InChI is InChI=1S/C25H38N6O3SSi.C20H25N5O2S.C17H21FN4OSi.C8H18N2O2S/c1-5-15-35(32,33)31-12-7-8-20(18-31)28-24-21(9-6-11-26-24)23-17-27-22-10-13-30(25(22)29-23)19-34-14-16-36(2,3)4;1-2-12-28(26,27)25-11-5-6-15(14-25)23-20-16(7-4-10-21-20)19-13-22-17-8-3-9-18(17)24-19;1-24(2,3)10-9-23-12-22-8-6-14-17(22)21-15(11-20-14)13-5-4-7-19-16(13)18;1-2-6-13(11,12)10-5-3-4-8(9)7-10/h6,9-11,13,17,20H,5,7-8,12,14-16,18-19H2,1-4H3,(H,26,28);3-4,7-8,10,13,15H,2,5-6,9,11-12,14H2,1H3,(H,21,23);4-8,11H,9-10,12H2,1-3H3;8H,2-7,9H2,1H3/t20-;15-;;8-/m00.0/s1. The zero-order valence-corrected chi connectivity index (χ0v) is 64.5. The third-order valence-corrected chi connectivity index (χ3v) is 27.0. The number of aromatic nitrogens is 11. The van der Waals surface area contributed by atoms with Gasteiger partial charge in [0.05, 0.1) is 69.9 Å². The van der Waals surface area contributed by atoms with Crippen molar-refractivity contribution in [2.45, 2.75) is 168 Å². The number of nitrogens with two attached hydrogens (primary N) is 1. The Hall–Kier alpha value is -6.92. The van der Waals surface area contributed by atoms with Crippen molar-refractivity contribution in [3.63, 3.8) is 0 Å². The lowest BCUT2D eigenvalue weighted by Gasteiger charge is -2.33. The number of piperidine rings is 3. The molecule has 548 valence electrons. The number of hydrogen-bond acceptors (Lipinski definition) is 20. The van der Waals surface area contributed by atoms with Gasteiger partial charge in [-0.1, -0.05) is 66.1 Å². The van der Waals surface area contributed by atoms with Gasteiger partial charge in [0.15, 0.2) is 11.3 Å². The lowest BCUT2D eigenvalue weighted by molar-refractivity contribution is 0.0898. The van der Waals surface area contributed by atoms with E-state index in [4.69, 9.17) is 25.2 Å². The fourth-order valence-electron chi connectivity index (χ4n) is 12.0. The molecule has 11 heterocycles. The van der Waals surface area contributed by atoms with Crippen LogP contribution in [0, 0.1) is 5.95 Å². The number of halogens is 1. The van der Waals surface area contributed by atoms with E-state index >= 15 is 0 Å². The van der Waals surface area contributed by atoms with E-state index in [2.05, 4.69) is 90.9 Å². The lowest BCUT2D eigenvalue weighted by atomic mass is 10.1. The molecule has 4 aliphatic rings. The van der Waals surface area contributed by atoms with Gasteiger partial charge in [-0.05, 0) is 124 Å². The number of pyridine rings is 3. The lowest BCUT2D eigenvalue weighted by Crippen LogP contribution is -2.46. The molecule has 0 aromatic carbocycles. The minimum Gasteiger partial charge on any atom is -0.365 e. The molecular weight excluding hydrogens is 1380 g/mol. The van der Waals surface area contributed by atoms with Crippen molar-refractivity contribution < 1.29 is 39.1 Å². The molecule has 0 spiro atoms. The van der Waals surface area contributed by atoms with Gasteiger partial charge in [-0.15, -0.1) is 0 Å². The van der Waals surface area contributed by atoms with Gasteiger partial charge in [-0.25, -0.2) is 59.5 Å². The Morgan fingerprint density at radius 1 is 0.545 bits per heavy atom. The summed E-state index contributed by atoms with van der Waals surface area (Å²) in [4.78, 5) is 40.4. The van der Waals surface area contributed by atoms with Crippen molar-refractivity contribution in [1.29, 1.82) is 0 Å². The van der Waals surface area contributed by atoms with E-state index in [1.165, 1.54) is 10.5 Å². The zero-order chi connectivity index (χ0) is 72.4. The van der Waals surface area contributed by atoms with Gasteiger partial charge in [-0.2, -0.15) is 13.0 Å². The zero-order valence-electron chi connectivity index (χ0n) is 60.0. The molecule has 31 heteroatoms. The summed E-state index contributed by atoms with van der Waals surface area (Å²) >= 11 is 0. The first-order valence-electron chi connectivity index (χ1n) is 35.3. The largest absolute Gasteiger partial charge is 0.365 e. The van der Waals surface area contributed by atoms with Gasteiger partial charge < -0.3 is 35.0 Å². The number of ether oxygens (including phenoxy) is 2. The Bertz CT molecular complexity index is 4410. The second kappa shape index (κ2) is 36.0. The molecule has 3 fully saturated rings. The van der Waals surface area contributed by atoms with Crippen LogP contribution in [-0.4, -0.2) is 196 Å². The number of hydrogen-bond donors (Lipinski definition) is 3. The van der Waals surface area contributed by atoms with Crippen molar-refractivity contribution in [2.75, 3.05) is 80.4 Å². The molecule has 8 aromatic rings. The molecule has 25 nitrogen and oxygen atoms in total. The van der Waals surface area contributed by atoms with Crippen LogP contribution in [0.25, 0.3) is 62.2 Å². The Kier molecular flexibility index (Phi) is 27.9. The Labute approximate surface area is 598 Å². The Morgan fingerprint density at radius 2 is 0.970 bits per heavy atom. The van der Waals surface area contributed by atoms with Crippen LogP contribution in [-0.2, 0) is 59.4 Å². The number of anilines is 2. The van der Waals surface area contributed by atoms with Crippen LogP contribution in [0.5, 0.6) is 0 Å². The van der Waals surface area contributed by atoms with Crippen LogP contribution in [0.1, 0.15) is 89.9 Å². The summed E-state index contributed by atoms with van der Waals surface area (Å²) in [6.45, 7) is 25.2. The van der Waals surface area contributed by atoms with Gasteiger partial charge >= 0.3 is 0 Å². The predicted molar refractivity (Wildman–Crippen MR) is 405 cm³/mol. The van der Waals surface area contributed by atoms with E-state index in [9.17, 15) is 29.6 Å². The maximum Gasteiger partial charge on any atom is 0.222 e. The van der Waals surface area contributed by atoms with E-state index in [0.29, 0.717) is 100 Å². The Balaban J connectivity index is 0.000000165. The monoisotopic (exact) mass is 1480 g/mol. The molecule has 0 saturated carbocycles. The highest BCUT2D eigenvalue weighted by Gasteiger charge is 2.32. The Morgan fingerprint density at radius 3 is 1.43 bits per heavy atom. The first-order valence-corrected chi connectivity index (χ1v) is 47.5. The third kappa shape index (κ3) is 22.5. The molecule has 0 bridgehead atoms. The molecular formula is C70H102FN17O8S3Si2. The van der Waals surface area contributed by atoms with Crippen molar-refractivity contribution in [3.05, 3.63) is 122 Å². The summed E-state index contributed by atoms with van der Waals surface area (Å²) in [5.41, 5.74) is 14.7. The number of nitrogens with one attached hydrogen (secondary N) is 2. The van der Waals surface area contributed by atoms with E-state index in [1.54, 1.807) is 51.7 Å². The van der Waals surface area contributed by atoms with Gasteiger partial charge in [-0.3, -0.25) is 15.0 Å². The van der Waals surface area contributed by atoms with Crippen LogP contribution in [0.4, 0.5) is 16.0 Å². The van der Waals surface area contributed by atoms with E-state index in [1.807, 2.05) is 84.8 Å². The molecule has 12 rings (SSSR count). The van der Waals surface area contributed by atoms with Gasteiger partial charge in [0.25, 0.3) is 0 Å². The van der Waals surface area contributed by atoms with Gasteiger partial charge in [0.1, 0.15) is 36.1 Å². The molecule has 101 heavy (non-hydrogen) atoms. The van der Waals surface area contributed by atoms with Crippen LogP contribution < -0.4 is 16.4 Å². The topological polar surface area (TPSA) is 307 Å². The number of rotatable bonds is 26. The van der Waals surface area contributed by atoms with Gasteiger partial charge in [0, 0.05) is 135 Å². The average Bonchev–Trinajstić information content (AvgIpc) is 1.76. The van der Waals surface area contributed by atoms with E-state index in [-0.39, 0.29) is 35.4 Å². The van der Waals surface area contributed by atoms with Crippen LogP contribution >= 0.6 is 0 Å². The van der Waals surface area contributed by atoms with Crippen LogP contribution in [0.2, 0.25) is 51.4 Å². The summed E-state index contributed by atoms with van der Waals surface area (Å²) in [5, 5.41) is 6.95. The van der Waals surface area contributed by atoms with Crippen molar-refractivity contribution in [2.24, 2.45) is 5.73 Å². The van der Waals surface area contributed by atoms with Gasteiger partial charge in [0.2, 0.25) is 36.0 Å². The molecule has 8 aromatic heterocycles. The smallest absolute Gasteiger partial charge is 0.222 e. The molecule has 0 radical (unpaired) electrons. The molecule has 1 aliphatic carbocycles. The summed E-state index contributed by atoms with van der Waals surface area (Å²) in [7, 11) is -11.7. The number of sulfonamides is 3. The van der Waals surface area contributed by atoms with Crippen molar-refractivity contribution in [1.82, 2.24) is 66.9 Å². The molecule has 0 amide bonds. The maximum atomic E-state index is 13.9. The van der Waals surface area contributed by atoms with Crippen molar-refractivity contribution >= 4 is 86.3 Å². The van der Waals surface area contributed by atoms with Crippen LogP contribution in [0.3, 0.4) is 0 Å². The normalized spacial score (nSPS) is 17.9. The van der Waals surface area contributed by atoms with E-state index < -0.39 is 52.2 Å². The summed E-state index contributed by atoms with van der Waals surface area (Å²) < 4.78 is 107. The molecule has 4 N–H and O–H groups in total. The third-order valence-electron chi connectivity index (χ3n) is 17.5. The molecule has 3 atom stereocenters. The fraction of sp³-hybridized carbons (Fsp3) is 0.529. The maximum absolute atomic E-state index is 13.9. The highest BCUT2D eigenvalue weighted by atomic mass is 32.2. The second-order valence-electron chi connectivity index (χ2n) is 28.4. The number of allylic oxidation sites excluding steroid dienone is 1. The van der Waals surface area contributed by atoms with Crippen molar-refractivity contribution in [3.8, 4) is 33.8 Å². The molecule has 0 unspecified atom stereocenters.